The summed E-state index contributed by atoms with van der Waals surface area (Å²) >= 11 is 0. The molecule has 1 aliphatic heterocycles. The van der Waals surface area contributed by atoms with Crippen LogP contribution in [-0.4, -0.2) is 53.3 Å². The Labute approximate surface area is 213 Å². The van der Waals surface area contributed by atoms with E-state index in [1.165, 1.54) is 0 Å². The van der Waals surface area contributed by atoms with E-state index in [2.05, 4.69) is 5.32 Å². The van der Waals surface area contributed by atoms with Gasteiger partial charge in [0.2, 0.25) is 5.91 Å². The molecular formula is C28H39N3O5. The summed E-state index contributed by atoms with van der Waals surface area (Å²) in [6.07, 6.45) is 4.58. The molecule has 5 fully saturated rings. The van der Waals surface area contributed by atoms with Gasteiger partial charge in [0.15, 0.2) is 0 Å². The smallest absolute Gasteiger partial charge is 0.410 e. The Kier molecular flexibility index (Phi) is 6.20. The summed E-state index contributed by atoms with van der Waals surface area (Å²) in [5.74, 6) is 0.715. The number of nitrogens with one attached hydrogen (secondary N) is 1. The average molecular weight is 498 g/mol. The molecule has 4 bridgehead atoms. The number of hydrogen-bond acceptors (Lipinski definition) is 5. The van der Waals surface area contributed by atoms with Crippen LogP contribution in [0.3, 0.4) is 0 Å². The molecule has 1 aromatic carbocycles. The van der Waals surface area contributed by atoms with E-state index in [4.69, 9.17) is 15.2 Å². The summed E-state index contributed by atoms with van der Waals surface area (Å²) in [6.45, 7) is 6.36. The molecule has 36 heavy (non-hydrogen) atoms. The van der Waals surface area contributed by atoms with Crippen LogP contribution in [0.4, 0.5) is 9.59 Å². The van der Waals surface area contributed by atoms with Crippen LogP contribution in [0.5, 0.6) is 0 Å². The quantitative estimate of drug-likeness (QED) is 0.638. The van der Waals surface area contributed by atoms with Gasteiger partial charge in [0.1, 0.15) is 11.7 Å². The maximum Gasteiger partial charge on any atom is 0.410 e. The van der Waals surface area contributed by atoms with Gasteiger partial charge in [-0.3, -0.25) is 4.79 Å². The highest BCUT2D eigenvalue weighted by atomic mass is 16.6. The Morgan fingerprint density at radius 3 is 2.36 bits per heavy atom. The molecular weight excluding hydrogens is 458 g/mol. The molecule has 8 nitrogen and oxygen atoms in total. The van der Waals surface area contributed by atoms with Gasteiger partial charge in [0.05, 0.1) is 11.0 Å². The van der Waals surface area contributed by atoms with E-state index in [9.17, 15) is 14.4 Å². The normalized spacial score (nSPS) is 34.9. The SMILES string of the molecule is CC(C)(C)OC(=O)NC1(Cc2ccccc2)CCN(C(=O)OC2C3CC4CC2CC(C(N)=O)(C4)C3)C1. The molecule has 6 rings (SSSR count). The van der Waals surface area contributed by atoms with Crippen LogP contribution in [0.2, 0.25) is 0 Å². The number of primary amides is 1. The first kappa shape index (κ1) is 24.9. The molecule has 0 radical (unpaired) electrons. The highest BCUT2D eigenvalue weighted by Crippen LogP contribution is 2.60. The molecule has 0 aromatic heterocycles. The minimum Gasteiger partial charge on any atom is -0.446 e. The van der Waals surface area contributed by atoms with E-state index >= 15 is 0 Å². The van der Waals surface area contributed by atoms with Crippen LogP contribution in [0.25, 0.3) is 0 Å². The minimum atomic E-state index is -0.636. The van der Waals surface area contributed by atoms with Crippen LogP contribution in [0, 0.1) is 23.2 Å². The number of nitrogens with two attached hydrogens (primary N) is 1. The lowest BCUT2D eigenvalue weighted by atomic mass is 9.48. The molecule has 3 N–H and O–H groups in total. The molecule has 4 aliphatic carbocycles. The van der Waals surface area contributed by atoms with Gasteiger partial charge in [-0.1, -0.05) is 30.3 Å². The lowest BCUT2D eigenvalue weighted by Crippen LogP contribution is -2.59. The van der Waals surface area contributed by atoms with Gasteiger partial charge >= 0.3 is 12.2 Å². The fraction of sp³-hybridized carbons (Fsp3) is 0.679. The first-order valence-corrected chi connectivity index (χ1v) is 13.3. The van der Waals surface area contributed by atoms with E-state index in [-0.39, 0.29) is 29.9 Å². The number of carbonyl (C=O) groups excluding carboxylic acids is 3. The predicted octanol–water partition coefficient (Wildman–Crippen LogP) is 4.02. The Bertz CT molecular complexity index is 1010. The first-order chi connectivity index (χ1) is 17.0. The molecule has 0 spiro atoms. The number of carbonyl (C=O) groups is 3. The zero-order chi connectivity index (χ0) is 25.7. The first-order valence-electron chi connectivity index (χ1n) is 13.3. The van der Waals surface area contributed by atoms with E-state index in [0.717, 1.165) is 37.7 Å². The Morgan fingerprint density at radius 2 is 1.75 bits per heavy atom. The van der Waals surface area contributed by atoms with E-state index in [1.807, 2.05) is 51.1 Å². The maximum atomic E-state index is 13.4. The summed E-state index contributed by atoms with van der Waals surface area (Å²) in [5.41, 5.74) is 5.24. The number of hydrogen-bond donors (Lipinski definition) is 2. The van der Waals surface area contributed by atoms with Crippen molar-refractivity contribution in [3.63, 3.8) is 0 Å². The van der Waals surface area contributed by atoms with Crippen LogP contribution in [0.1, 0.15) is 64.9 Å². The molecule has 1 aromatic rings. The third-order valence-corrected chi connectivity index (χ3v) is 8.71. The Morgan fingerprint density at radius 1 is 1.08 bits per heavy atom. The Balaban J connectivity index is 1.27. The van der Waals surface area contributed by atoms with Crippen molar-refractivity contribution >= 4 is 18.1 Å². The number of likely N-dealkylation sites (tertiary alicyclic amines) is 1. The van der Waals surface area contributed by atoms with Gasteiger partial charge in [-0.25, -0.2) is 9.59 Å². The van der Waals surface area contributed by atoms with Crippen molar-refractivity contribution in [1.29, 1.82) is 0 Å². The van der Waals surface area contributed by atoms with E-state index < -0.39 is 22.6 Å². The largest absolute Gasteiger partial charge is 0.446 e. The number of nitrogens with zero attached hydrogens (tertiary/aromatic N) is 1. The number of benzene rings is 1. The van der Waals surface area contributed by atoms with Crippen molar-refractivity contribution in [3.8, 4) is 0 Å². The summed E-state index contributed by atoms with van der Waals surface area (Å²) < 4.78 is 11.7. The summed E-state index contributed by atoms with van der Waals surface area (Å²) in [5, 5.41) is 3.09. The van der Waals surface area contributed by atoms with Crippen molar-refractivity contribution in [2.45, 2.75) is 83.0 Å². The standard InChI is InChI=1S/C28H39N3O5/c1-26(2,3)36-24(33)30-28(14-18-7-5-4-6-8-18)9-10-31(17-28)25(34)35-22-20-11-19-12-21(22)16-27(13-19,15-20)23(29)32/h4-8,19-22H,9-17H2,1-3H3,(H2,29,32)(H,30,33). The van der Waals surface area contributed by atoms with Crippen molar-refractivity contribution in [2.75, 3.05) is 13.1 Å². The fourth-order valence-electron chi connectivity index (χ4n) is 7.49. The van der Waals surface area contributed by atoms with Gasteiger partial charge in [-0.05, 0) is 89.0 Å². The van der Waals surface area contributed by atoms with Crippen molar-refractivity contribution in [1.82, 2.24) is 10.2 Å². The van der Waals surface area contributed by atoms with Crippen LogP contribution in [0.15, 0.2) is 30.3 Å². The van der Waals surface area contributed by atoms with Crippen molar-refractivity contribution in [2.24, 2.45) is 28.9 Å². The zero-order valence-electron chi connectivity index (χ0n) is 21.6. The van der Waals surface area contributed by atoms with Gasteiger partial charge < -0.3 is 25.4 Å². The highest BCUT2D eigenvalue weighted by Gasteiger charge is 2.59. The number of alkyl carbamates (subject to hydrolysis) is 1. The fourth-order valence-corrected chi connectivity index (χ4v) is 7.49. The number of amides is 3. The van der Waals surface area contributed by atoms with Crippen molar-refractivity contribution in [3.05, 3.63) is 35.9 Å². The van der Waals surface area contributed by atoms with E-state index in [1.54, 1.807) is 4.90 Å². The monoisotopic (exact) mass is 497 g/mol. The molecule has 3 unspecified atom stereocenters. The van der Waals surface area contributed by atoms with Gasteiger partial charge in [0, 0.05) is 13.1 Å². The van der Waals surface area contributed by atoms with Crippen LogP contribution >= 0.6 is 0 Å². The minimum absolute atomic E-state index is 0.163. The third kappa shape index (κ3) is 4.91. The second-order valence-electron chi connectivity index (χ2n) is 12.7. The van der Waals surface area contributed by atoms with Crippen LogP contribution in [-0.2, 0) is 20.7 Å². The third-order valence-electron chi connectivity index (χ3n) is 8.71. The molecule has 196 valence electrons. The molecule has 3 amide bonds. The molecule has 1 heterocycles. The Hall–Kier alpha value is -2.77. The lowest BCUT2D eigenvalue weighted by Gasteiger charge is -2.58. The van der Waals surface area contributed by atoms with Gasteiger partial charge in [-0.15, -0.1) is 0 Å². The second-order valence-corrected chi connectivity index (χ2v) is 12.7. The molecule has 4 saturated carbocycles. The average Bonchev–Trinajstić information content (AvgIpc) is 3.18. The lowest BCUT2D eigenvalue weighted by molar-refractivity contribution is -0.161. The number of ether oxygens (including phenoxy) is 2. The second kappa shape index (κ2) is 8.96. The van der Waals surface area contributed by atoms with Crippen molar-refractivity contribution < 1.29 is 23.9 Å². The highest BCUT2D eigenvalue weighted by molar-refractivity contribution is 5.81. The summed E-state index contributed by atoms with van der Waals surface area (Å²) in [6, 6.07) is 9.97. The number of rotatable bonds is 5. The molecule has 3 atom stereocenters. The topological polar surface area (TPSA) is 111 Å². The van der Waals surface area contributed by atoms with Gasteiger partial charge in [0.25, 0.3) is 0 Å². The summed E-state index contributed by atoms with van der Waals surface area (Å²) in [7, 11) is 0. The van der Waals surface area contributed by atoms with Gasteiger partial charge in [-0.2, -0.15) is 0 Å². The molecule has 5 aliphatic rings. The predicted molar refractivity (Wildman–Crippen MR) is 134 cm³/mol. The zero-order valence-corrected chi connectivity index (χ0v) is 21.6. The molecule has 8 heteroatoms. The summed E-state index contributed by atoms with van der Waals surface area (Å²) in [4.78, 5) is 40.1. The molecule has 1 saturated heterocycles. The maximum absolute atomic E-state index is 13.4. The van der Waals surface area contributed by atoms with E-state index in [0.29, 0.717) is 31.8 Å². The van der Waals surface area contributed by atoms with Crippen LogP contribution < -0.4 is 11.1 Å².